The van der Waals surface area contributed by atoms with Crippen LogP contribution in [0, 0.1) is 0 Å². The molecule has 0 radical (unpaired) electrons. The van der Waals surface area contributed by atoms with E-state index in [1.807, 2.05) is 7.05 Å². The van der Waals surface area contributed by atoms with Crippen LogP contribution in [0.15, 0.2) is 28.0 Å². The highest BCUT2D eigenvalue weighted by molar-refractivity contribution is 5.70. The number of hydrogen-bond acceptors (Lipinski definition) is 2. The lowest BCUT2D eigenvalue weighted by molar-refractivity contribution is -0.670. The van der Waals surface area contributed by atoms with Crippen molar-refractivity contribution in [3.8, 4) is 0 Å². The smallest absolute Gasteiger partial charge is 0.314 e. The van der Waals surface area contributed by atoms with Gasteiger partial charge in [-0.15, -0.1) is 0 Å². The quantitative estimate of drug-likeness (QED) is 0.403. The first-order valence-electron chi connectivity index (χ1n) is 3.78. The number of rotatable bonds is 0. The molecule has 0 bridgehead atoms. The fraction of sp³-hybridized carbons (Fsp3) is 0.125. The molecule has 0 saturated heterocycles. The first kappa shape index (κ1) is 7.72. The van der Waals surface area contributed by atoms with Crippen molar-refractivity contribution in [3.05, 3.63) is 39.2 Å². The lowest BCUT2D eigenvalue weighted by atomic mass is 10.4. The molecular weight excluding hydrogens is 170 g/mol. The van der Waals surface area contributed by atoms with Gasteiger partial charge in [0.25, 0.3) is 0 Å². The second-order valence-corrected chi connectivity index (χ2v) is 2.85. The summed E-state index contributed by atoms with van der Waals surface area (Å²) in [7, 11) is 1.84. The van der Waals surface area contributed by atoms with E-state index >= 15 is 0 Å². The molecule has 2 heterocycles. The van der Waals surface area contributed by atoms with E-state index in [2.05, 4.69) is 9.97 Å². The standard InChI is InChI=1S/C8H7N3O2/c1-11-3-2-5-6(4-11)10-8(13)7(12)9-5/h2-4H,1H3,(H,10,13)/p+1. The van der Waals surface area contributed by atoms with E-state index in [1.165, 1.54) is 0 Å². The summed E-state index contributed by atoms with van der Waals surface area (Å²) < 4.78 is 1.79. The zero-order valence-electron chi connectivity index (χ0n) is 7.00. The van der Waals surface area contributed by atoms with E-state index < -0.39 is 11.1 Å². The molecule has 2 aromatic heterocycles. The fourth-order valence-electron chi connectivity index (χ4n) is 1.16. The summed E-state index contributed by atoms with van der Waals surface area (Å²) in [5.74, 6) is 0. The van der Waals surface area contributed by atoms with Gasteiger partial charge in [0.2, 0.25) is 0 Å². The molecule has 2 N–H and O–H groups in total. The van der Waals surface area contributed by atoms with Crippen LogP contribution >= 0.6 is 0 Å². The van der Waals surface area contributed by atoms with Crippen LogP contribution in [0.25, 0.3) is 11.0 Å². The topological polar surface area (TPSA) is 69.6 Å². The van der Waals surface area contributed by atoms with Gasteiger partial charge in [-0.05, 0) is 0 Å². The van der Waals surface area contributed by atoms with E-state index in [9.17, 15) is 9.59 Å². The summed E-state index contributed by atoms with van der Waals surface area (Å²) in [6.07, 6.45) is 3.52. The van der Waals surface area contributed by atoms with Crippen LogP contribution in [-0.4, -0.2) is 9.97 Å². The Morgan fingerprint density at radius 3 is 2.46 bits per heavy atom. The minimum Gasteiger partial charge on any atom is -0.316 e. The van der Waals surface area contributed by atoms with Gasteiger partial charge in [0.05, 0.1) is 5.52 Å². The molecule has 0 unspecified atom stereocenters. The third kappa shape index (κ3) is 1.24. The maximum Gasteiger partial charge on any atom is 0.314 e. The molecule has 5 nitrogen and oxygen atoms in total. The van der Waals surface area contributed by atoms with E-state index in [0.29, 0.717) is 11.0 Å². The number of nitrogens with one attached hydrogen (secondary N) is 2. The summed E-state index contributed by atoms with van der Waals surface area (Å²) in [4.78, 5) is 26.8. The normalized spacial score (nSPS) is 10.5. The highest BCUT2D eigenvalue weighted by Gasteiger charge is 2.01. The second-order valence-electron chi connectivity index (χ2n) is 2.85. The molecule has 13 heavy (non-hydrogen) atoms. The van der Waals surface area contributed by atoms with Crippen LogP contribution in [0.4, 0.5) is 0 Å². The molecule has 0 amide bonds. The summed E-state index contributed by atoms with van der Waals surface area (Å²) >= 11 is 0. The fourth-order valence-corrected chi connectivity index (χ4v) is 1.16. The Labute approximate surface area is 72.7 Å². The highest BCUT2D eigenvalue weighted by atomic mass is 16.2. The monoisotopic (exact) mass is 178 g/mol. The van der Waals surface area contributed by atoms with Crippen LogP contribution in [0.2, 0.25) is 0 Å². The molecular formula is C8H8N3O2+. The van der Waals surface area contributed by atoms with Gasteiger partial charge >= 0.3 is 11.1 Å². The number of fused-ring (bicyclic) bond motifs is 1. The first-order chi connectivity index (χ1) is 6.16. The van der Waals surface area contributed by atoms with Gasteiger partial charge in [0.1, 0.15) is 12.6 Å². The lowest BCUT2D eigenvalue weighted by Crippen LogP contribution is -2.32. The van der Waals surface area contributed by atoms with Crippen LogP contribution in [-0.2, 0) is 7.05 Å². The van der Waals surface area contributed by atoms with Crippen LogP contribution < -0.4 is 15.7 Å². The average Bonchev–Trinajstić information content (AvgIpc) is 2.08. The maximum absolute atomic E-state index is 10.9. The predicted molar refractivity (Wildman–Crippen MR) is 46.4 cm³/mol. The molecule has 0 aliphatic heterocycles. The molecule has 66 valence electrons. The van der Waals surface area contributed by atoms with Crippen molar-refractivity contribution in [1.82, 2.24) is 9.97 Å². The van der Waals surface area contributed by atoms with Crippen molar-refractivity contribution >= 4 is 11.0 Å². The van der Waals surface area contributed by atoms with Crippen LogP contribution in [0.5, 0.6) is 0 Å². The SMILES string of the molecule is C[n+]1ccc2[nH]c(=O)c(=O)[nH]c2c1. The Kier molecular flexibility index (Phi) is 1.51. The van der Waals surface area contributed by atoms with Crippen LogP contribution in [0.3, 0.4) is 0 Å². The average molecular weight is 178 g/mol. The van der Waals surface area contributed by atoms with Crippen molar-refractivity contribution in [2.75, 3.05) is 0 Å². The largest absolute Gasteiger partial charge is 0.316 e. The summed E-state index contributed by atoms with van der Waals surface area (Å²) in [5.41, 5.74) is -0.00245. The zero-order chi connectivity index (χ0) is 9.42. The van der Waals surface area contributed by atoms with E-state index in [0.717, 1.165) is 0 Å². The third-order valence-electron chi connectivity index (χ3n) is 1.80. The molecule has 2 aromatic rings. The minimum atomic E-state index is -0.626. The first-order valence-corrected chi connectivity index (χ1v) is 3.78. The van der Waals surface area contributed by atoms with Gasteiger partial charge < -0.3 is 9.97 Å². The van der Waals surface area contributed by atoms with Crippen molar-refractivity contribution in [2.24, 2.45) is 7.05 Å². The van der Waals surface area contributed by atoms with Crippen molar-refractivity contribution in [3.63, 3.8) is 0 Å². The lowest BCUT2D eigenvalue weighted by Gasteiger charge is -1.93. The molecule has 0 aliphatic carbocycles. The zero-order valence-corrected chi connectivity index (χ0v) is 7.00. The molecule has 0 atom stereocenters. The van der Waals surface area contributed by atoms with Crippen molar-refractivity contribution < 1.29 is 4.57 Å². The summed E-state index contributed by atoms with van der Waals surface area (Å²) in [5, 5.41) is 0. The number of hydrogen-bond donors (Lipinski definition) is 2. The van der Waals surface area contributed by atoms with Gasteiger partial charge in [-0.1, -0.05) is 0 Å². The Balaban J connectivity index is 2.97. The number of pyridine rings is 1. The number of H-pyrrole nitrogens is 2. The molecule has 0 spiro atoms. The van der Waals surface area contributed by atoms with E-state index in [-0.39, 0.29) is 0 Å². The highest BCUT2D eigenvalue weighted by Crippen LogP contribution is 1.98. The molecule has 5 heteroatoms. The van der Waals surface area contributed by atoms with E-state index in [1.54, 1.807) is 23.0 Å². The second kappa shape index (κ2) is 2.55. The van der Waals surface area contributed by atoms with Gasteiger partial charge in [-0.3, -0.25) is 9.59 Å². The van der Waals surface area contributed by atoms with Gasteiger partial charge in [-0.2, -0.15) is 0 Å². The number of aryl methyl sites for hydroxylation is 1. The molecule has 0 aliphatic rings. The van der Waals surface area contributed by atoms with Gasteiger partial charge in [0.15, 0.2) is 12.4 Å². The third-order valence-corrected chi connectivity index (χ3v) is 1.80. The Bertz CT molecular complexity index is 567. The summed E-state index contributed by atoms with van der Waals surface area (Å²) in [6.45, 7) is 0. The van der Waals surface area contributed by atoms with Crippen LogP contribution in [0.1, 0.15) is 0 Å². The Morgan fingerprint density at radius 2 is 1.77 bits per heavy atom. The molecule has 2 rings (SSSR count). The Hall–Kier alpha value is -1.91. The van der Waals surface area contributed by atoms with Crippen molar-refractivity contribution in [1.29, 1.82) is 0 Å². The molecule has 0 aromatic carbocycles. The summed E-state index contributed by atoms with van der Waals surface area (Å²) in [6, 6.07) is 1.73. The van der Waals surface area contributed by atoms with Crippen molar-refractivity contribution in [2.45, 2.75) is 0 Å². The molecule has 0 fully saturated rings. The number of nitrogens with zero attached hydrogens (tertiary/aromatic N) is 1. The Morgan fingerprint density at radius 1 is 1.15 bits per heavy atom. The molecule has 0 saturated carbocycles. The predicted octanol–water partition coefficient (Wildman–Crippen LogP) is -0.959. The maximum atomic E-state index is 10.9. The number of aromatic amines is 2. The van der Waals surface area contributed by atoms with Gasteiger partial charge in [-0.25, -0.2) is 4.57 Å². The van der Waals surface area contributed by atoms with Gasteiger partial charge in [0, 0.05) is 6.07 Å². The minimum absolute atomic E-state index is 0.620. The number of aromatic nitrogens is 3. The van der Waals surface area contributed by atoms with E-state index in [4.69, 9.17) is 0 Å².